The first-order chi connectivity index (χ1) is 10.1. The van der Waals surface area contributed by atoms with E-state index in [4.69, 9.17) is 16.3 Å². The van der Waals surface area contributed by atoms with Crippen LogP contribution in [-0.4, -0.2) is 39.1 Å². The Morgan fingerprint density at radius 2 is 2.14 bits per heavy atom. The molecule has 0 saturated carbocycles. The molecule has 0 aliphatic rings. The van der Waals surface area contributed by atoms with Crippen LogP contribution in [0.3, 0.4) is 0 Å². The molecule has 1 aromatic heterocycles. The van der Waals surface area contributed by atoms with Crippen molar-refractivity contribution in [2.75, 3.05) is 13.2 Å². The summed E-state index contributed by atoms with van der Waals surface area (Å²) in [4.78, 5) is 4.09. The Kier molecular flexibility index (Phi) is 6.13. The molecule has 0 aliphatic carbocycles. The monoisotopic (exact) mass is 310 g/mol. The van der Waals surface area contributed by atoms with Crippen molar-refractivity contribution < 1.29 is 9.84 Å². The van der Waals surface area contributed by atoms with Crippen molar-refractivity contribution in [2.24, 2.45) is 7.05 Å². The summed E-state index contributed by atoms with van der Waals surface area (Å²) in [6.45, 7) is 1.68. The summed E-state index contributed by atoms with van der Waals surface area (Å²) in [7, 11) is 1.82. The van der Waals surface area contributed by atoms with Crippen LogP contribution in [0.25, 0.3) is 0 Å². The van der Waals surface area contributed by atoms with Gasteiger partial charge in [0, 0.05) is 18.6 Å². The molecule has 2 rings (SSSR count). The van der Waals surface area contributed by atoms with Gasteiger partial charge in [0.2, 0.25) is 0 Å². The van der Waals surface area contributed by atoms with Gasteiger partial charge in [0.1, 0.15) is 6.33 Å². The van der Waals surface area contributed by atoms with Gasteiger partial charge in [-0.05, 0) is 17.7 Å². The van der Waals surface area contributed by atoms with Gasteiger partial charge in [0.05, 0.1) is 25.9 Å². The predicted octanol–water partition coefficient (Wildman–Crippen LogP) is 1.14. The molecule has 6 nitrogen and oxygen atoms in total. The molecule has 0 amide bonds. The van der Waals surface area contributed by atoms with Crippen LogP contribution in [0.4, 0.5) is 0 Å². The molecule has 1 heterocycles. The maximum atomic E-state index is 9.80. The average molecular weight is 311 g/mol. The summed E-state index contributed by atoms with van der Waals surface area (Å²) in [6.07, 6.45) is 1.07. The Balaban J connectivity index is 1.59. The number of aryl methyl sites for hydroxylation is 1. The van der Waals surface area contributed by atoms with Crippen molar-refractivity contribution in [3.63, 3.8) is 0 Å². The highest BCUT2D eigenvalue weighted by Gasteiger charge is 2.05. The van der Waals surface area contributed by atoms with Gasteiger partial charge in [-0.1, -0.05) is 23.7 Å². The number of halogens is 1. The molecule has 1 unspecified atom stereocenters. The lowest BCUT2D eigenvalue weighted by atomic mass is 10.2. The molecule has 2 N–H and O–H groups in total. The van der Waals surface area contributed by atoms with Crippen molar-refractivity contribution in [2.45, 2.75) is 19.3 Å². The van der Waals surface area contributed by atoms with Crippen LogP contribution in [0.5, 0.6) is 0 Å². The van der Waals surface area contributed by atoms with Crippen LogP contribution in [0.2, 0.25) is 5.02 Å². The number of benzene rings is 1. The third-order valence-corrected chi connectivity index (χ3v) is 3.05. The van der Waals surface area contributed by atoms with Gasteiger partial charge in [-0.25, -0.2) is 4.98 Å². The fourth-order valence-corrected chi connectivity index (χ4v) is 1.89. The molecule has 0 bridgehead atoms. The van der Waals surface area contributed by atoms with Gasteiger partial charge in [-0.3, -0.25) is 4.68 Å². The van der Waals surface area contributed by atoms with Crippen molar-refractivity contribution >= 4 is 11.6 Å². The minimum Gasteiger partial charge on any atom is -0.389 e. The van der Waals surface area contributed by atoms with Gasteiger partial charge in [-0.2, -0.15) is 5.10 Å². The van der Waals surface area contributed by atoms with Crippen molar-refractivity contribution in [1.29, 1.82) is 0 Å². The molecule has 1 aromatic carbocycles. The summed E-state index contributed by atoms with van der Waals surface area (Å²) in [6, 6.07) is 7.44. The number of hydrogen-bond acceptors (Lipinski definition) is 5. The Bertz CT molecular complexity index is 544. The summed E-state index contributed by atoms with van der Waals surface area (Å²) < 4.78 is 7.10. The minimum absolute atomic E-state index is 0.269. The maximum absolute atomic E-state index is 9.80. The zero-order valence-electron chi connectivity index (χ0n) is 11.9. The van der Waals surface area contributed by atoms with Gasteiger partial charge < -0.3 is 15.2 Å². The zero-order chi connectivity index (χ0) is 15.1. The quantitative estimate of drug-likeness (QED) is 0.765. The largest absolute Gasteiger partial charge is 0.389 e. The minimum atomic E-state index is -0.569. The molecule has 2 aromatic rings. The molecule has 21 heavy (non-hydrogen) atoms. The van der Waals surface area contributed by atoms with E-state index >= 15 is 0 Å². The molecule has 0 saturated heterocycles. The molecule has 0 spiro atoms. The second-order valence-corrected chi connectivity index (χ2v) is 5.20. The summed E-state index contributed by atoms with van der Waals surface area (Å²) in [5, 5.41) is 17.7. The zero-order valence-corrected chi connectivity index (χ0v) is 12.6. The first kappa shape index (κ1) is 15.9. The van der Waals surface area contributed by atoms with Gasteiger partial charge >= 0.3 is 0 Å². The first-order valence-electron chi connectivity index (χ1n) is 6.69. The highest BCUT2D eigenvalue weighted by Crippen LogP contribution is 2.10. The molecular weight excluding hydrogens is 292 g/mol. The topological polar surface area (TPSA) is 72.2 Å². The maximum Gasteiger partial charge on any atom is 0.164 e. The lowest BCUT2D eigenvalue weighted by Gasteiger charge is -2.11. The van der Waals surface area contributed by atoms with Gasteiger partial charge in [0.25, 0.3) is 0 Å². The number of aliphatic hydroxyl groups excluding tert-OH is 1. The average Bonchev–Trinajstić information content (AvgIpc) is 2.87. The Labute approximate surface area is 128 Å². The smallest absolute Gasteiger partial charge is 0.164 e. The fourth-order valence-electron chi connectivity index (χ4n) is 1.77. The molecule has 0 aliphatic heterocycles. The van der Waals surface area contributed by atoms with Crippen LogP contribution in [0.15, 0.2) is 30.6 Å². The number of aromatic nitrogens is 3. The van der Waals surface area contributed by atoms with E-state index in [0.717, 1.165) is 5.56 Å². The lowest BCUT2D eigenvalue weighted by Crippen LogP contribution is -2.30. The third kappa shape index (κ3) is 5.81. The van der Waals surface area contributed by atoms with E-state index in [9.17, 15) is 5.11 Å². The summed E-state index contributed by atoms with van der Waals surface area (Å²) in [5.74, 6) is 0.701. The predicted molar refractivity (Wildman–Crippen MR) is 79.8 cm³/mol. The SMILES string of the molecule is Cn1cnc(CNCC(O)COCc2ccc(Cl)cc2)n1. The Morgan fingerprint density at radius 3 is 2.81 bits per heavy atom. The van der Waals surface area contributed by atoms with Gasteiger partial charge in [0.15, 0.2) is 5.82 Å². The van der Waals surface area contributed by atoms with E-state index in [1.54, 1.807) is 11.0 Å². The van der Waals surface area contributed by atoms with E-state index in [-0.39, 0.29) is 6.61 Å². The second kappa shape index (κ2) is 8.09. The molecule has 1 atom stereocenters. The highest BCUT2D eigenvalue weighted by atomic mass is 35.5. The standard InChI is InChI=1S/C14H19ClN4O2/c1-19-10-17-14(18-19)7-16-6-13(20)9-21-8-11-2-4-12(15)5-3-11/h2-5,10,13,16,20H,6-9H2,1H3. The van der Waals surface area contributed by atoms with E-state index < -0.39 is 6.10 Å². The van der Waals surface area contributed by atoms with Crippen LogP contribution in [-0.2, 0) is 24.9 Å². The molecule has 0 radical (unpaired) electrons. The van der Waals surface area contributed by atoms with Crippen LogP contribution in [0.1, 0.15) is 11.4 Å². The number of aliphatic hydroxyl groups is 1. The van der Waals surface area contributed by atoms with Crippen LogP contribution in [0, 0.1) is 0 Å². The number of ether oxygens (including phenoxy) is 1. The van der Waals surface area contributed by atoms with Crippen molar-refractivity contribution in [1.82, 2.24) is 20.1 Å². The number of rotatable bonds is 8. The second-order valence-electron chi connectivity index (χ2n) is 4.76. The van der Waals surface area contributed by atoms with E-state index in [1.807, 2.05) is 31.3 Å². The van der Waals surface area contributed by atoms with Crippen molar-refractivity contribution in [3.05, 3.63) is 47.0 Å². The molecule has 7 heteroatoms. The highest BCUT2D eigenvalue weighted by molar-refractivity contribution is 6.30. The van der Waals surface area contributed by atoms with Crippen LogP contribution >= 0.6 is 11.6 Å². The van der Waals surface area contributed by atoms with Crippen molar-refractivity contribution in [3.8, 4) is 0 Å². The lowest BCUT2D eigenvalue weighted by molar-refractivity contribution is 0.0287. The molecular formula is C14H19ClN4O2. The Hall–Kier alpha value is -1.47. The fraction of sp³-hybridized carbons (Fsp3) is 0.429. The summed E-state index contributed by atoms with van der Waals surface area (Å²) in [5.41, 5.74) is 1.03. The van der Waals surface area contributed by atoms with Crippen LogP contribution < -0.4 is 5.32 Å². The normalized spacial score (nSPS) is 12.5. The molecule has 114 valence electrons. The Morgan fingerprint density at radius 1 is 1.38 bits per heavy atom. The number of nitrogens with zero attached hydrogens (tertiary/aromatic N) is 3. The molecule has 0 fully saturated rings. The first-order valence-corrected chi connectivity index (χ1v) is 7.07. The number of hydrogen-bond donors (Lipinski definition) is 2. The van der Waals surface area contributed by atoms with E-state index in [2.05, 4.69) is 15.4 Å². The van der Waals surface area contributed by atoms with Gasteiger partial charge in [-0.15, -0.1) is 0 Å². The third-order valence-electron chi connectivity index (χ3n) is 2.80. The number of nitrogens with one attached hydrogen (secondary N) is 1. The van der Waals surface area contributed by atoms with E-state index in [1.165, 1.54) is 0 Å². The summed E-state index contributed by atoms with van der Waals surface area (Å²) >= 11 is 5.80. The van der Waals surface area contributed by atoms with E-state index in [0.29, 0.717) is 30.5 Å².